The number of esters is 1. The van der Waals surface area contributed by atoms with Gasteiger partial charge in [-0.05, 0) is 25.0 Å². The minimum Gasteiger partial charge on any atom is -0.496 e. The van der Waals surface area contributed by atoms with Crippen molar-refractivity contribution in [1.82, 2.24) is 5.32 Å². The number of benzene rings is 1. The van der Waals surface area contributed by atoms with E-state index in [0.29, 0.717) is 37.4 Å². The molecule has 7 heteroatoms. The van der Waals surface area contributed by atoms with E-state index in [1.807, 2.05) is 6.92 Å². The summed E-state index contributed by atoms with van der Waals surface area (Å²) in [6.07, 6.45) is 5.91. The van der Waals surface area contributed by atoms with Gasteiger partial charge >= 0.3 is 5.97 Å². The second-order valence-corrected chi connectivity index (χ2v) is 13.6. The number of rotatable bonds is 11. The van der Waals surface area contributed by atoms with E-state index in [1.54, 1.807) is 7.11 Å². The normalized spacial score (nSPS) is 13.1. The first-order valence-electron chi connectivity index (χ1n) is 9.54. The largest absolute Gasteiger partial charge is 0.496 e. The van der Waals surface area contributed by atoms with E-state index in [0.717, 1.165) is 28.5 Å². The predicted molar refractivity (Wildman–Crippen MR) is 112 cm³/mol. The molecule has 6 nitrogen and oxygen atoms in total. The molecule has 1 aliphatic rings. The van der Waals surface area contributed by atoms with Crippen LogP contribution in [0, 0.1) is 19.3 Å². The van der Waals surface area contributed by atoms with Gasteiger partial charge in [-0.25, -0.2) is 4.79 Å². The van der Waals surface area contributed by atoms with E-state index in [4.69, 9.17) is 25.4 Å². The zero-order valence-corrected chi connectivity index (χ0v) is 18.6. The molecule has 0 spiro atoms. The van der Waals surface area contributed by atoms with Crippen LogP contribution in [-0.2, 0) is 22.5 Å². The third-order valence-electron chi connectivity index (χ3n) is 4.69. The molecule has 0 atom stereocenters. The fourth-order valence-corrected chi connectivity index (χ4v) is 3.88. The summed E-state index contributed by atoms with van der Waals surface area (Å²) < 4.78 is 22.6. The average Bonchev–Trinajstić information content (AvgIpc) is 3.01. The van der Waals surface area contributed by atoms with Crippen LogP contribution in [0.15, 0.2) is 0 Å². The minimum atomic E-state index is -1.17. The lowest BCUT2D eigenvalue weighted by Crippen LogP contribution is -2.22. The fraction of sp³-hybridized carbons (Fsp3) is 0.571. The minimum absolute atomic E-state index is 0.0845. The highest BCUT2D eigenvalue weighted by atomic mass is 28.3. The Morgan fingerprint density at radius 2 is 2.04 bits per heavy atom. The number of nitrogens with one attached hydrogen (secondary N) is 1. The first kappa shape index (κ1) is 22.3. The van der Waals surface area contributed by atoms with Crippen molar-refractivity contribution in [3.63, 3.8) is 0 Å². The summed E-state index contributed by atoms with van der Waals surface area (Å²) in [4.78, 5) is 12.4. The molecule has 0 fully saturated rings. The topological polar surface area (TPSA) is 66.0 Å². The summed E-state index contributed by atoms with van der Waals surface area (Å²) >= 11 is 0. The van der Waals surface area contributed by atoms with E-state index in [2.05, 4.69) is 30.9 Å². The highest BCUT2D eigenvalue weighted by Crippen LogP contribution is 2.42. The van der Waals surface area contributed by atoms with Crippen LogP contribution >= 0.6 is 0 Å². The number of hydrogen-bond donors (Lipinski definition) is 1. The molecule has 0 aromatic heterocycles. The SMILES string of the molecule is C#CCNCCc1c(OC)c(C)c2c(c1OCOCC[Si](C)(C)C)C(=O)OC2. The molecule has 0 bridgehead atoms. The molecule has 2 rings (SSSR count). The van der Waals surface area contributed by atoms with Gasteiger partial charge in [-0.2, -0.15) is 0 Å². The van der Waals surface area contributed by atoms with Gasteiger partial charge < -0.3 is 24.3 Å². The number of fused-ring (bicyclic) bond motifs is 1. The van der Waals surface area contributed by atoms with Gasteiger partial charge in [-0.3, -0.25) is 0 Å². The lowest BCUT2D eigenvalue weighted by molar-refractivity contribution is 0.0203. The Morgan fingerprint density at radius 1 is 1.29 bits per heavy atom. The number of carbonyl (C=O) groups is 1. The molecule has 1 aliphatic heterocycles. The van der Waals surface area contributed by atoms with Crippen molar-refractivity contribution < 1.29 is 23.7 Å². The zero-order chi connectivity index (χ0) is 20.7. The fourth-order valence-electron chi connectivity index (χ4n) is 3.12. The van der Waals surface area contributed by atoms with E-state index in [9.17, 15) is 4.79 Å². The van der Waals surface area contributed by atoms with E-state index >= 15 is 0 Å². The summed E-state index contributed by atoms with van der Waals surface area (Å²) in [5, 5.41) is 3.16. The van der Waals surface area contributed by atoms with Crippen LogP contribution in [0.1, 0.15) is 27.0 Å². The van der Waals surface area contributed by atoms with Crippen LogP contribution in [0.25, 0.3) is 0 Å². The van der Waals surface area contributed by atoms with E-state index < -0.39 is 8.07 Å². The molecule has 0 unspecified atom stereocenters. The lowest BCUT2D eigenvalue weighted by Gasteiger charge is -2.20. The summed E-state index contributed by atoms with van der Waals surface area (Å²) in [5.41, 5.74) is 3.04. The molecule has 0 saturated heterocycles. The standard InChI is InChI=1S/C21H31NO5Si/c1-7-9-22-10-8-16-19(24-3)15(2)17-13-26-21(23)18(17)20(16)27-14-25-11-12-28(4,5)6/h1,22H,8-14H2,2-6H3. The molecule has 1 aromatic rings. The summed E-state index contributed by atoms with van der Waals surface area (Å²) in [5.74, 6) is 3.40. The number of hydrogen-bond acceptors (Lipinski definition) is 6. The molecular weight excluding hydrogens is 374 g/mol. The van der Waals surface area contributed by atoms with Crippen molar-refractivity contribution in [3.05, 3.63) is 22.3 Å². The van der Waals surface area contributed by atoms with Crippen LogP contribution in [0.3, 0.4) is 0 Å². The van der Waals surface area contributed by atoms with Gasteiger partial charge in [-0.1, -0.05) is 25.6 Å². The second-order valence-electron chi connectivity index (χ2n) is 8.01. The molecule has 1 aromatic carbocycles. The Labute approximate surface area is 168 Å². The first-order chi connectivity index (χ1) is 13.3. The maximum absolute atomic E-state index is 12.4. The second kappa shape index (κ2) is 9.96. The molecule has 0 radical (unpaired) electrons. The maximum atomic E-state index is 12.4. The number of cyclic esters (lactones) is 1. The van der Waals surface area contributed by atoms with Crippen molar-refractivity contribution in [3.8, 4) is 23.8 Å². The van der Waals surface area contributed by atoms with Crippen molar-refractivity contribution >= 4 is 14.0 Å². The number of methoxy groups -OCH3 is 1. The molecule has 28 heavy (non-hydrogen) atoms. The van der Waals surface area contributed by atoms with E-state index in [-0.39, 0.29) is 19.4 Å². The third-order valence-corrected chi connectivity index (χ3v) is 6.39. The number of terminal acetylenes is 1. The smallest absolute Gasteiger partial charge is 0.342 e. The summed E-state index contributed by atoms with van der Waals surface area (Å²) in [6.45, 7) is 10.9. The monoisotopic (exact) mass is 405 g/mol. The van der Waals surface area contributed by atoms with Crippen LogP contribution in [0.5, 0.6) is 11.5 Å². The van der Waals surface area contributed by atoms with Gasteiger partial charge in [0, 0.05) is 32.4 Å². The lowest BCUT2D eigenvalue weighted by atomic mass is 9.95. The highest BCUT2D eigenvalue weighted by Gasteiger charge is 2.33. The molecule has 1 heterocycles. The molecule has 1 N–H and O–H groups in total. The van der Waals surface area contributed by atoms with Gasteiger partial charge in [0.2, 0.25) is 0 Å². The predicted octanol–water partition coefficient (Wildman–Crippen LogP) is 3.13. The maximum Gasteiger partial charge on any atom is 0.342 e. The van der Waals surface area contributed by atoms with Crippen LogP contribution < -0.4 is 14.8 Å². The van der Waals surface area contributed by atoms with E-state index in [1.165, 1.54) is 0 Å². The Balaban J connectivity index is 2.25. The number of carbonyl (C=O) groups excluding carboxylic acids is 1. The summed E-state index contributed by atoms with van der Waals surface area (Å²) in [7, 11) is 0.452. The van der Waals surface area contributed by atoms with Crippen LogP contribution in [-0.4, -0.2) is 47.6 Å². The highest BCUT2D eigenvalue weighted by molar-refractivity contribution is 6.76. The Bertz CT molecular complexity index is 749. The number of ether oxygens (including phenoxy) is 4. The van der Waals surface area contributed by atoms with Gasteiger partial charge in [0.15, 0.2) is 6.79 Å². The first-order valence-corrected chi connectivity index (χ1v) is 13.2. The van der Waals surface area contributed by atoms with Crippen LogP contribution in [0.2, 0.25) is 25.7 Å². The van der Waals surface area contributed by atoms with Crippen molar-refractivity contribution in [2.24, 2.45) is 0 Å². The summed E-state index contributed by atoms with van der Waals surface area (Å²) in [6, 6.07) is 1.05. The molecule has 0 amide bonds. The van der Waals surface area contributed by atoms with Gasteiger partial charge in [0.05, 0.1) is 13.7 Å². The zero-order valence-electron chi connectivity index (χ0n) is 17.6. The quantitative estimate of drug-likeness (QED) is 0.201. The molecule has 0 saturated carbocycles. The Hall–Kier alpha value is -2.01. The third kappa shape index (κ3) is 5.50. The van der Waals surface area contributed by atoms with Crippen molar-refractivity contribution in [2.45, 2.75) is 45.6 Å². The van der Waals surface area contributed by atoms with Crippen molar-refractivity contribution in [1.29, 1.82) is 0 Å². The van der Waals surface area contributed by atoms with Crippen LogP contribution in [0.4, 0.5) is 0 Å². The Morgan fingerprint density at radius 3 is 2.68 bits per heavy atom. The molecular formula is C21H31NO5Si. The Kier molecular flexibility index (Phi) is 7.93. The van der Waals surface area contributed by atoms with Gasteiger partial charge in [0.25, 0.3) is 0 Å². The van der Waals surface area contributed by atoms with Gasteiger partial charge in [0.1, 0.15) is 23.7 Å². The molecule has 154 valence electrons. The molecule has 0 aliphatic carbocycles. The van der Waals surface area contributed by atoms with Gasteiger partial charge in [-0.15, -0.1) is 6.42 Å². The van der Waals surface area contributed by atoms with Crippen molar-refractivity contribution in [2.75, 3.05) is 33.6 Å². The average molecular weight is 406 g/mol.